The van der Waals surface area contributed by atoms with Gasteiger partial charge in [-0.2, -0.15) is 0 Å². The number of likely N-dealkylation sites (N-methyl/N-ethyl adjacent to an activating group) is 1. The smallest absolute Gasteiger partial charge is 0.260 e. The summed E-state index contributed by atoms with van der Waals surface area (Å²) in [4.78, 5) is 17.7. The number of ether oxygens (including phenoxy) is 1. The largest absolute Gasteiger partial charge is 0.481 e. The summed E-state index contributed by atoms with van der Waals surface area (Å²) in [5.41, 5.74) is 0.923. The van der Waals surface area contributed by atoms with Crippen molar-refractivity contribution in [1.82, 2.24) is 9.88 Å². The number of amides is 1. The summed E-state index contributed by atoms with van der Waals surface area (Å²) in [6.07, 6.45) is 2.39. The Balaban J connectivity index is 1.79. The van der Waals surface area contributed by atoms with Crippen LogP contribution >= 0.6 is 0 Å². The Morgan fingerprint density at radius 2 is 2.00 bits per heavy atom. The van der Waals surface area contributed by atoms with Crippen LogP contribution in [0.15, 0.2) is 48.7 Å². The molecule has 5 heteroatoms. The topological polar surface area (TPSA) is 42.4 Å². The van der Waals surface area contributed by atoms with Crippen molar-refractivity contribution < 1.29 is 13.9 Å². The van der Waals surface area contributed by atoms with E-state index in [4.69, 9.17) is 4.74 Å². The molecular formula is C16H17FN2O2. The molecule has 0 unspecified atom stereocenters. The number of carbonyl (C=O) groups excluding carboxylic acids is 1. The molecule has 0 fully saturated rings. The van der Waals surface area contributed by atoms with Gasteiger partial charge >= 0.3 is 0 Å². The minimum Gasteiger partial charge on any atom is -0.481 e. The molecule has 0 saturated heterocycles. The molecule has 0 aliphatic carbocycles. The third-order valence-corrected chi connectivity index (χ3v) is 3.04. The second kappa shape index (κ2) is 7.38. The van der Waals surface area contributed by atoms with Crippen LogP contribution in [0.2, 0.25) is 0 Å². The van der Waals surface area contributed by atoms with Gasteiger partial charge < -0.3 is 9.64 Å². The standard InChI is InChI=1S/C16H17FN2O2/c1-19(11-9-13-6-4-5-10-18-13)16(20)12-21-15-8-3-2-7-14(15)17/h2-8,10H,9,11-12H2,1H3. The number of benzene rings is 1. The zero-order chi connectivity index (χ0) is 15.1. The van der Waals surface area contributed by atoms with Crippen LogP contribution in [0.1, 0.15) is 5.69 Å². The van der Waals surface area contributed by atoms with Crippen LogP contribution < -0.4 is 4.74 Å². The highest BCUT2D eigenvalue weighted by molar-refractivity contribution is 5.77. The lowest BCUT2D eigenvalue weighted by Crippen LogP contribution is -2.33. The minimum atomic E-state index is -0.471. The normalized spacial score (nSPS) is 10.2. The summed E-state index contributed by atoms with van der Waals surface area (Å²) < 4.78 is 18.5. The van der Waals surface area contributed by atoms with Gasteiger partial charge in [0.2, 0.25) is 0 Å². The van der Waals surface area contributed by atoms with Gasteiger partial charge in [0.25, 0.3) is 5.91 Å². The Morgan fingerprint density at radius 3 is 2.71 bits per heavy atom. The van der Waals surface area contributed by atoms with E-state index >= 15 is 0 Å². The SMILES string of the molecule is CN(CCc1ccccn1)C(=O)COc1ccccc1F. The van der Waals surface area contributed by atoms with Crippen LogP contribution in [-0.4, -0.2) is 36.0 Å². The number of nitrogens with zero attached hydrogens (tertiary/aromatic N) is 2. The van der Waals surface area contributed by atoms with E-state index < -0.39 is 5.82 Å². The molecule has 0 spiro atoms. The first-order chi connectivity index (χ1) is 10.2. The van der Waals surface area contributed by atoms with Crippen LogP contribution in [0.5, 0.6) is 5.75 Å². The molecule has 1 heterocycles. The lowest BCUT2D eigenvalue weighted by molar-refractivity contribution is -0.132. The maximum Gasteiger partial charge on any atom is 0.260 e. The fourth-order valence-electron chi connectivity index (χ4n) is 1.76. The predicted octanol–water partition coefficient (Wildman–Crippen LogP) is 2.30. The van der Waals surface area contributed by atoms with E-state index in [1.54, 1.807) is 30.3 Å². The zero-order valence-electron chi connectivity index (χ0n) is 11.8. The average molecular weight is 288 g/mol. The molecule has 0 aliphatic rings. The number of halogens is 1. The fraction of sp³-hybridized carbons (Fsp3) is 0.250. The van der Waals surface area contributed by atoms with Gasteiger partial charge in [0.15, 0.2) is 18.2 Å². The Kier molecular flexibility index (Phi) is 5.26. The van der Waals surface area contributed by atoms with Crippen molar-refractivity contribution in [3.05, 3.63) is 60.2 Å². The summed E-state index contributed by atoms with van der Waals surface area (Å²) in [6.45, 7) is 0.357. The second-order valence-corrected chi connectivity index (χ2v) is 4.61. The monoisotopic (exact) mass is 288 g/mol. The van der Waals surface area contributed by atoms with Gasteiger partial charge in [-0.05, 0) is 24.3 Å². The number of hydrogen-bond acceptors (Lipinski definition) is 3. The Morgan fingerprint density at radius 1 is 1.24 bits per heavy atom. The Bertz CT molecular complexity index is 590. The maximum atomic E-state index is 13.4. The predicted molar refractivity (Wildman–Crippen MR) is 77.5 cm³/mol. The Hall–Kier alpha value is -2.43. The first-order valence-corrected chi connectivity index (χ1v) is 6.68. The van der Waals surface area contributed by atoms with Crippen molar-refractivity contribution in [2.45, 2.75) is 6.42 Å². The molecule has 110 valence electrons. The fourth-order valence-corrected chi connectivity index (χ4v) is 1.76. The Labute approximate surface area is 123 Å². The lowest BCUT2D eigenvalue weighted by Gasteiger charge is -2.17. The van der Waals surface area contributed by atoms with Crippen molar-refractivity contribution in [3.63, 3.8) is 0 Å². The molecule has 1 amide bonds. The molecule has 1 aromatic heterocycles. The zero-order valence-corrected chi connectivity index (χ0v) is 11.8. The quantitative estimate of drug-likeness (QED) is 0.819. The molecule has 1 aromatic carbocycles. The third kappa shape index (κ3) is 4.56. The van der Waals surface area contributed by atoms with E-state index in [2.05, 4.69) is 4.98 Å². The van der Waals surface area contributed by atoms with Crippen molar-refractivity contribution in [2.24, 2.45) is 0 Å². The molecule has 0 aliphatic heterocycles. The molecule has 4 nitrogen and oxygen atoms in total. The van der Waals surface area contributed by atoms with Gasteiger partial charge in [-0.25, -0.2) is 4.39 Å². The van der Waals surface area contributed by atoms with Crippen molar-refractivity contribution in [2.75, 3.05) is 20.2 Å². The minimum absolute atomic E-state index is 0.0870. The van der Waals surface area contributed by atoms with Crippen LogP contribution in [0, 0.1) is 5.82 Å². The van der Waals surface area contributed by atoms with Crippen LogP contribution in [-0.2, 0) is 11.2 Å². The van der Waals surface area contributed by atoms with E-state index in [9.17, 15) is 9.18 Å². The first-order valence-electron chi connectivity index (χ1n) is 6.68. The van der Waals surface area contributed by atoms with E-state index in [1.807, 2.05) is 18.2 Å². The summed E-state index contributed by atoms with van der Waals surface area (Å²) in [5, 5.41) is 0. The molecule has 2 aromatic rings. The van der Waals surface area contributed by atoms with Gasteiger partial charge in [-0.15, -0.1) is 0 Å². The van der Waals surface area contributed by atoms with Gasteiger partial charge in [0.1, 0.15) is 0 Å². The van der Waals surface area contributed by atoms with Gasteiger partial charge in [-0.1, -0.05) is 18.2 Å². The molecule has 2 rings (SSSR count). The maximum absolute atomic E-state index is 13.4. The number of carbonyl (C=O) groups is 1. The van der Waals surface area contributed by atoms with Gasteiger partial charge in [0, 0.05) is 31.9 Å². The van der Waals surface area contributed by atoms with Crippen LogP contribution in [0.25, 0.3) is 0 Å². The molecular weight excluding hydrogens is 271 g/mol. The molecule has 0 saturated carbocycles. The molecule has 0 atom stereocenters. The van der Waals surface area contributed by atoms with E-state index in [-0.39, 0.29) is 18.3 Å². The van der Waals surface area contributed by atoms with E-state index in [1.165, 1.54) is 12.1 Å². The highest BCUT2D eigenvalue weighted by Crippen LogP contribution is 2.15. The number of pyridine rings is 1. The lowest BCUT2D eigenvalue weighted by atomic mass is 10.2. The summed E-state index contributed by atoms with van der Waals surface area (Å²) in [6, 6.07) is 11.7. The van der Waals surface area contributed by atoms with E-state index in [0.29, 0.717) is 13.0 Å². The third-order valence-electron chi connectivity index (χ3n) is 3.04. The second-order valence-electron chi connectivity index (χ2n) is 4.61. The van der Waals surface area contributed by atoms with Crippen molar-refractivity contribution in [1.29, 1.82) is 0 Å². The van der Waals surface area contributed by atoms with Crippen molar-refractivity contribution in [3.8, 4) is 5.75 Å². The van der Waals surface area contributed by atoms with Crippen molar-refractivity contribution >= 4 is 5.91 Å². The molecule has 21 heavy (non-hydrogen) atoms. The first kappa shape index (κ1) is 15.0. The van der Waals surface area contributed by atoms with Crippen LogP contribution in [0.4, 0.5) is 4.39 Å². The number of hydrogen-bond donors (Lipinski definition) is 0. The molecule has 0 radical (unpaired) electrons. The van der Waals surface area contributed by atoms with E-state index in [0.717, 1.165) is 5.69 Å². The summed E-state index contributed by atoms with van der Waals surface area (Å²) in [5.74, 6) is -0.584. The molecule has 0 N–H and O–H groups in total. The highest BCUT2D eigenvalue weighted by atomic mass is 19.1. The number of rotatable bonds is 6. The average Bonchev–Trinajstić information content (AvgIpc) is 2.52. The van der Waals surface area contributed by atoms with Gasteiger partial charge in [-0.3, -0.25) is 9.78 Å². The van der Waals surface area contributed by atoms with Gasteiger partial charge in [0.05, 0.1) is 0 Å². The number of para-hydroxylation sites is 1. The summed E-state index contributed by atoms with van der Waals surface area (Å²) >= 11 is 0. The summed E-state index contributed by atoms with van der Waals surface area (Å²) in [7, 11) is 1.69. The highest BCUT2D eigenvalue weighted by Gasteiger charge is 2.11. The molecule has 0 bridgehead atoms. The number of aromatic nitrogens is 1. The van der Waals surface area contributed by atoms with Crippen LogP contribution in [0.3, 0.4) is 0 Å².